The molecule has 0 radical (unpaired) electrons. The first-order valence-corrected chi connectivity index (χ1v) is 7.68. The summed E-state index contributed by atoms with van der Waals surface area (Å²) in [5.41, 5.74) is 1.16. The zero-order valence-corrected chi connectivity index (χ0v) is 12.1. The summed E-state index contributed by atoms with van der Waals surface area (Å²) in [4.78, 5) is 3.45. The quantitative estimate of drug-likeness (QED) is 0.803. The largest absolute Gasteiger partial charge is 0.441 e. The number of hydrogen-bond donors (Lipinski definition) is 1. The number of anilines is 1. The van der Waals surface area contributed by atoms with Crippen molar-refractivity contribution in [2.24, 2.45) is 0 Å². The molecule has 0 spiro atoms. The van der Waals surface area contributed by atoms with Crippen LogP contribution in [0.25, 0.3) is 11.1 Å². The first-order chi connectivity index (χ1) is 10.3. The Hall–Kier alpha value is -2.48. The molecule has 1 heterocycles. The average molecular weight is 324 g/mol. The van der Waals surface area contributed by atoms with E-state index in [2.05, 4.69) is 9.71 Å². The van der Waals surface area contributed by atoms with Crippen LogP contribution in [0.1, 0.15) is 5.89 Å². The van der Waals surface area contributed by atoms with Crippen LogP contribution < -0.4 is 4.72 Å². The maximum Gasteiger partial charge on any atom is 0.264 e. The van der Waals surface area contributed by atoms with Crippen molar-refractivity contribution in [1.82, 2.24) is 4.98 Å². The number of rotatable bonds is 3. The monoisotopic (exact) mass is 324 g/mol. The SMILES string of the molecule is Cc1nc2ccc(NS(=O)(=O)c3ccc(F)cc3F)cc2o1. The van der Waals surface area contributed by atoms with E-state index < -0.39 is 26.6 Å². The van der Waals surface area contributed by atoms with Gasteiger partial charge in [0.1, 0.15) is 22.0 Å². The van der Waals surface area contributed by atoms with E-state index in [1.165, 1.54) is 12.1 Å². The lowest BCUT2D eigenvalue weighted by Gasteiger charge is -2.08. The number of nitrogens with zero attached hydrogens (tertiary/aromatic N) is 1. The number of halogens is 2. The van der Waals surface area contributed by atoms with Crippen molar-refractivity contribution in [2.45, 2.75) is 11.8 Å². The highest BCUT2D eigenvalue weighted by Gasteiger charge is 2.20. The third-order valence-electron chi connectivity index (χ3n) is 2.93. The molecule has 0 bridgehead atoms. The molecule has 0 fully saturated rings. The number of sulfonamides is 1. The van der Waals surface area contributed by atoms with Gasteiger partial charge in [-0.25, -0.2) is 22.2 Å². The van der Waals surface area contributed by atoms with Gasteiger partial charge in [0.25, 0.3) is 10.0 Å². The summed E-state index contributed by atoms with van der Waals surface area (Å²) in [6.45, 7) is 1.66. The minimum Gasteiger partial charge on any atom is -0.441 e. The van der Waals surface area contributed by atoms with Crippen molar-refractivity contribution in [3.05, 3.63) is 53.9 Å². The molecule has 3 rings (SSSR count). The normalized spacial score (nSPS) is 11.8. The maximum absolute atomic E-state index is 13.6. The Morgan fingerprint density at radius 2 is 1.91 bits per heavy atom. The molecule has 0 unspecified atom stereocenters. The summed E-state index contributed by atoms with van der Waals surface area (Å²) < 4.78 is 58.3. The molecule has 0 atom stereocenters. The van der Waals surface area contributed by atoms with Crippen LogP contribution in [0.15, 0.2) is 45.7 Å². The third kappa shape index (κ3) is 2.64. The van der Waals surface area contributed by atoms with Gasteiger partial charge in [-0.05, 0) is 24.3 Å². The lowest BCUT2D eigenvalue weighted by Crippen LogP contribution is -2.14. The standard InChI is InChI=1S/C14H10F2N2O3S/c1-8-17-12-4-3-10(7-13(12)21-8)18-22(19,20)14-5-2-9(15)6-11(14)16/h2-7,18H,1H3. The van der Waals surface area contributed by atoms with Gasteiger partial charge in [0.15, 0.2) is 11.5 Å². The summed E-state index contributed by atoms with van der Waals surface area (Å²) in [6, 6.07) is 6.74. The third-order valence-corrected chi connectivity index (χ3v) is 4.35. The molecule has 1 N–H and O–H groups in total. The maximum atomic E-state index is 13.6. The van der Waals surface area contributed by atoms with Gasteiger partial charge in [0.05, 0.1) is 5.69 Å². The number of aryl methyl sites for hydroxylation is 1. The number of oxazole rings is 1. The van der Waals surface area contributed by atoms with E-state index in [0.717, 1.165) is 12.1 Å². The highest BCUT2D eigenvalue weighted by molar-refractivity contribution is 7.92. The Kier molecular flexibility index (Phi) is 3.32. The average Bonchev–Trinajstić information content (AvgIpc) is 2.77. The van der Waals surface area contributed by atoms with Crippen LogP contribution in [0.3, 0.4) is 0 Å². The van der Waals surface area contributed by atoms with Crippen molar-refractivity contribution in [3.63, 3.8) is 0 Å². The molecule has 1 aromatic heterocycles. The zero-order chi connectivity index (χ0) is 15.9. The molecule has 0 aliphatic heterocycles. The van der Waals surface area contributed by atoms with Gasteiger partial charge in [-0.2, -0.15) is 0 Å². The lowest BCUT2D eigenvalue weighted by atomic mass is 10.3. The molecule has 0 saturated heterocycles. The fourth-order valence-electron chi connectivity index (χ4n) is 2.01. The fourth-order valence-corrected chi connectivity index (χ4v) is 3.12. The molecule has 0 aliphatic carbocycles. The summed E-state index contributed by atoms with van der Waals surface area (Å²) >= 11 is 0. The Balaban J connectivity index is 1.98. The van der Waals surface area contributed by atoms with E-state index in [0.29, 0.717) is 23.1 Å². The lowest BCUT2D eigenvalue weighted by molar-refractivity contribution is 0.551. The molecule has 114 valence electrons. The van der Waals surface area contributed by atoms with Crippen LogP contribution >= 0.6 is 0 Å². The fraction of sp³-hybridized carbons (Fsp3) is 0.0714. The molecule has 5 nitrogen and oxygen atoms in total. The number of nitrogens with one attached hydrogen (secondary N) is 1. The first-order valence-electron chi connectivity index (χ1n) is 6.20. The van der Waals surface area contributed by atoms with E-state index in [4.69, 9.17) is 4.42 Å². The molecule has 3 aromatic rings. The van der Waals surface area contributed by atoms with Crippen LogP contribution in [0.4, 0.5) is 14.5 Å². The van der Waals surface area contributed by atoms with Gasteiger partial charge in [-0.1, -0.05) is 0 Å². The second-order valence-corrected chi connectivity index (χ2v) is 6.25. The van der Waals surface area contributed by atoms with Gasteiger partial charge >= 0.3 is 0 Å². The van der Waals surface area contributed by atoms with E-state index in [9.17, 15) is 17.2 Å². The van der Waals surface area contributed by atoms with Crippen LogP contribution in [0.2, 0.25) is 0 Å². The van der Waals surface area contributed by atoms with E-state index in [1.54, 1.807) is 13.0 Å². The topological polar surface area (TPSA) is 72.2 Å². The minimum absolute atomic E-state index is 0.187. The first kappa shape index (κ1) is 14.5. The highest BCUT2D eigenvalue weighted by Crippen LogP contribution is 2.23. The second-order valence-electron chi connectivity index (χ2n) is 4.60. The van der Waals surface area contributed by atoms with Gasteiger partial charge in [-0.3, -0.25) is 4.72 Å². The molecule has 22 heavy (non-hydrogen) atoms. The van der Waals surface area contributed by atoms with Crippen molar-refractivity contribution in [2.75, 3.05) is 4.72 Å². The van der Waals surface area contributed by atoms with Gasteiger partial charge in [-0.15, -0.1) is 0 Å². The minimum atomic E-state index is -4.18. The molecule has 0 amide bonds. The summed E-state index contributed by atoms with van der Waals surface area (Å²) in [7, 11) is -4.18. The van der Waals surface area contributed by atoms with Crippen molar-refractivity contribution in [3.8, 4) is 0 Å². The van der Waals surface area contributed by atoms with E-state index in [1.807, 2.05) is 0 Å². The van der Waals surface area contributed by atoms with E-state index >= 15 is 0 Å². The number of hydrogen-bond acceptors (Lipinski definition) is 4. The summed E-state index contributed by atoms with van der Waals surface area (Å²) in [5, 5.41) is 0. The molecular weight excluding hydrogens is 314 g/mol. The Morgan fingerprint density at radius 1 is 1.14 bits per heavy atom. The van der Waals surface area contributed by atoms with Gasteiger partial charge < -0.3 is 4.42 Å². The number of aromatic nitrogens is 1. The summed E-state index contributed by atoms with van der Waals surface area (Å²) in [6.07, 6.45) is 0. The van der Waals surface area contributed by atoms with Crippen molar-refractivity contribution in [1.29, 1.82) is 0 Å². The Bertz CT molecular complexity index is 967. The van der Waals surface area contributed by atoms with Crippen LogP contribution in [-0.2, 0) is 10.0 Å². The van der Waals surface area contributed by atoms with Crippen LogP contribution in [-0.4, -0.2) is 13.4 Å². The molecular formula is C14H10F2N2O3S. The predicted molar refractivity (Wildman–Crippen MR) is 75.9 cm³/mol. The number of benzene rings is 2. The molecule has 2 aromatic carbocycles. The predicted octanol–water partition coefficient (Wildman–Crippen LogP) is 3.22. The van der Waals surface area contributed by atoms with Gasteiger partial charge in [0.2, 0.25) is 0 Å². The smallest absolute Gasteiger partial charge is 0.264 e. The summed E-state index contributed by atoms with van der Waals surface area (Å²) in [5.74, 6) is -1.57. The second kappa shape index (κ2) is 5.06. The highest BCUT2D eigenvalue weighted by atomic mass is 32.2. The molecule has 0 aliphatic rings. The van der Waals surface area contributed by atoms with Crippen molar-refractivity contribution >= 4 is 26.8 Å². The van der Waals surface area contributed by atoms with Crippen molar-refractivity contribution < 1.29 is 21.6 Å². The molecule has 8 heteroatoms. The van der Waals surface area contributed by atoms with E-state index in [-0.39, 0.29) is 5.69 Å². The Labute approximate surface area is 124 Å². The van der Waals surface area contributed by atoms with Crippen LogP contribution in [0, 0.1) is 18.6 Å². The van der Waals surface area contributed by atoms with Crippen LogP contribution in [0.5, 0.6) is 0 Å². The van der Waals surface area contributed by atoms with Gasteiger partial charge in [0, 0.05) is 19.1 Å². The zero-order valence-electron chi connectivity index (χ0n) is 11.3. The Morgan fingerprint density at radius 3 is 2.64 bits per heavy atom. The molecule has 0 saturated carbocycles. The number of fused-ring (bicyclic) bond motifs is 1.